The van der Waals surface area contributed by atoms with Gasteiger partial charge in [-0.25, -0.2) is 4.79 Å². The van der Waals surface area contributed by atoms with Gasteiger partial charge in [-0.15, -0.1) is 0 Å². The van der Waals surface area contributed by atoms with E-state index in [9.17, 15) is 4.79 Å². The van der Waals surface area contributed by atoms with E-state index in [4.69, 9.17) is 4.74 Å². The third-order valence-corrected chi connectivity index (χ3v) is 4.00. The van der Waals surface area contributed by atoms with Crippen LogP contribution in [-0.4, -0.2) is 31.1 Å². The highest BCUT2D eigenvalue weighted by molar-refractivity contribution is 5.77. The summed E-state index contributed by atoms with van der Waals surface area (Å²) >= 11 is 0. The Kier molecular flexibility index (Phi) is 9.56. The summed E-state index contributed by atoms with van der Waals surface area (Å²) in [6.45, 7) is 6.31. The number of rotatable bonds is 11. The molecule has 1 aromatic carbocycles. The number of esters is 1. The Bertz CT molecular complexity index is 395. The number of carbonyl (C=O) groups is 1. The molecule has 0 saturated carbocycles. The molecule has 0 saturated heterocycles. The fourth-order valence-electron chi connectivity index (χ4n) is 2.74. The van der Waals surface area contributed by atoms with Gasteiger partial charge in [-0.1, -0.05) is 69.9 Å². The predicted molar refractivity (Wildman–Crippen MR) is 91.8 cm³/mol. The normalized spacial score (nSPS) is 12.4. The van der Waals surface area contributed by atoms with Crippen molar-refractivity contribution >= 4 is 5.97 Å². The Labute approximate surface area is 135 Å². The number of unbranched alkanes of at least 4 members (excludes halogenated alkanes) is 4. The molecule has 0 amide bonds. The van der Waals surface area contributed by atoms with Gasteiger partial charge in [0.05, 0.1) is 7.11 Å². The molecule has 124 valence electrons. The van der Waals surface area contributed by atoms with E-state index < -0.39 is 0 Å². The zero-order valence-corrected chi connectivity index (χ0v) is 14.4. The summed E-state index contributed by atoms with van der Waals surface area (Å²) in [5.74, 6) is -0.154. The van der Waals surface area contributed by atoms with Crippen molar-refractivity contribution in [1.29, 1.82) is 0 Å². The van der Waals surface area contributed by atoms with Crippen LogP contribution in [0.25, 0.3) is 0 Å². The molecular weight excluding hydrogens is 274 g/mol. The lowest BCUT2D eigenvalue weighted by molar-refractivity contribution is -0.147. The minimum atomic E-state index is -0.278. The van der Waals surface area contributed by atoms with Crippen molar-refractivity contribution in [3.63, 3.8) is 0 Å². The summed E-state index contributed by atoms with van der Waals surface area (Å²) in [5.41, 5.74) is 1.03. The maximum Gasteiger partial charge on any atom is 0.327 e. The van der Waals surface area contributed by atoms with E-state index in [1.165, 1.54) is 32.8 Å². The zero-order valence-electron chi connectivity index (χ0n) is 14.4. The molecule has 1 atom stereocenters. The van der Waals surface area contributed by atoms with Crippen molar-refractivity contribution in [2.24, 2.45) is 0 Å². The van der Waals surface area contributed by atoms with Crippen LogP contribution >= 0.6 is 0 Å². The largest absolute Gasteiger partial charge is 0.468 e. The molecule has 0 spiro atoms. The summed E-state index contributed by atoms with van der Waals surface area (Å²) in [5, 5.41) is 0. The molecule has 0 aromatic heterocycles. The van der Waals surface area contributed by atoms with Gasteiger partial charge >= 0.3 is 5.97 Å². The minimum Gasteiger partial charge on any atom is -0.468 e. The predicted octanol–water partition coefficient (Wildman–Crippen LogP) is 4.58. The second kappa shape index (κ2) is 11.2. The molecule has 0 aliphatic rings. The van der Waals surface area contributed by atoms with E-state index >= 15 is 0 Å². The van der Waals surface area contributed by atoms with Gasteiger partial charge in [0.2, 0.25) is 0 Å². The molecule has 1 unspecified atom stereocenters. The van der Waals surface area contributed by atoms with E-state index in [0.717, 1.165) is 31.5 Å². The van der Waals surface area contributed by atoms with Gasteiger partial charge in [0.1, 0.15) is 6.04 Å². The van der Waals surface area contributed by atoms with Crippen molar-refractivity contribution in [1.82, 2.24) is 4.90 Å². The van der Waals surface area contributed by atoms with Gasteiger partial charge in [0, 0.05) is 0 Å². The van der Waals surface area contributed by atoms with E-state index in [-0.39, 0.29) is 12.0 Å². The van der Waals surface area contributed by atoms with Crippen molar-refractivity contribution in [3.8, 4) is 0 Å². The summed E-state index contributed by atoms with van der Waals surface area (Å²) < 4.78 is 5.08. The number of nitrogens with zero attached hydrogens (tertiary/aromatic N) is 1. The first kappa shape index (κ1) is 18.7. The van der Waals surface area contributed by atoms with Crippen LogP contribution in [0.3, 0.4) is 0 Å². The Morgan fingerprint density at radius 1 is 1.00 bits per heavy atom. The average molecular weight is 305 g/mol. The van der Waals surface area contributed by atoms with Crippen LogP contribution in [0.4, 0.5) is 0 Å². The van der Waals surface area contributed by atoms with Crippen molar-refractivity contribution in [3.05, 3.63) is 35.9 Å². The van der Waals surface area contributed by atoms with Gasteiger partial charge in [-0.3, -0.25) is 4.90 Å². The molecule has 0 bridgehead atoms. The van der Waals surface area contributed by atoms with E-state index in [1.807, 2.05) is 30.3 Å². The Morgan fingerprint density at radius 2 is 1.55 bits per heavy atom. The van der Waals surface area contributed by atoms with Crippen molar-refractivity contribution < 1.29 is 9.53 Å². The Balaban J connectivity index is 2.88. The van der Waals surface area contributed by atoms with Crippen molar-refractivity contribution in [2.45, 2.75) is 58.4 Å². The van der Waals surface area contributed by atoms with Crippen LogP contribution in [0.5, 0.6) is 0 Å². The second-order valence-electron chi connectivity index (χ2n) is 5.79. The number of benzene rings is 1. The lowest BCUT2D eigenvalue weighted by atomic mass is 10.0. The molecule has 3 nitrogen and oxygen atoms in total. The SMILES string of the molecule is CCCCCN(CCCCC)C(C(=O)OC)c1ccccc1. The molecular formula is C19H31NO2. The fourth-order valence-corrected chi connectivity index (χ4v) is 2.74. The second-order valence-corrected chi connectivity index (χ2v) is 5.79. The smallest absolute Gasteiger partial charge is 0.327 e. The highest BCUT2D eigenvalue weighted by Crippen LogP contribution is 2.23. The first-order valence-corrected chi connectivity index (χ1v) is 8.61. The van der Waals surface area contributed by atoms with Crippen LogP contribution in [0.2, 0.25) is 0 Å². The molecule has 0 N–H and O–H groups in total. The first-order chi connectivity index (χ1) is 10.7. The fraction of sp³-hybridized carbons (Fsp3) is 0.632. The highest BCUT2D eigenvalue weighted by Gasteiger charge is 2.27. The number of hydrogen-bond donors (Lipinski definition) is 0. The van der Waals surface area contributed by atoms with Gasteiger partial charge < -0.3 is 4.74 Å². The lowest BCUT2D eigenvalue weighted by Gasteiger charge is -2.30. The van der Waals surface area contributed by atoms with E-state index in [2.05, 4.69) is 18.7 Å². The number of carbonyl (C=O) groups excluding carboxylic acids is 1. The van der Waals surface area contributed by atoms with Gasteiger partial charge in [-0.05, 0) is 31.5 Å². The third-order valence-electron chi connectivity index (χ3n) is 4.00. The zero-order chi connectivity index (χ0) is 16.2. The third kappa shape index (κ3) is 6.18. The van der Waals surface area contributed by atoms with Crippen LogP contribution in [0.15, 0.2) is 30.3 Å². The summed E-state index contributed by atoms with van der Waals surface area (Å²) in [6, 6.07) is 9.72. The first-order valence-electron chi connectivity index (χ1n) is 8.61. The molecule has 0 radical (unpaired) electrons. The molecule has 0 aliphatic heterocycles. The topological polar surface area (TPSA) is 29.5 Å². The Morgan fingerprint density at radius 3 is 2.00 bits per heavy atom. The average Bonchev–Trinajstić information content (AvgIpc) is 2.56. The van der Waals surface area contributed by atoms with Crippen LogP contribution < -0.4 is 0 Å². The number of methoxy groups -OCH3 is 1. The molecule has 1 aromatic rings. The maximum atomic E-state index is 12.4. The van der Waals surface area contributed by atoms with Crippen LogP contribution in [0, 0.1) is 0 Å². The summed E-state index contributed by atoms with van der Waals surface area (Å²) in [4.78, 5) is 14.7. The summed E-state index contributed by atoms with van der Waals surface area (Å²) in [6.07, 6.45) is 7.04. The molecule has 3 heteroatoms. The van der Waals surface area contributed by atoms with Gasteiger partial charge in [0.25, 0.3) is 0 Å². The van der Waals surface area contributed by atoms with Crippen LogP contribution in [-0.2, 0) is 9.53 Å². The van der Waals surface area contributed by atoms with E-state index in [1.54, 1.807) is 0 Å². The quantitative estimate of drug-likeness (QED) is 0.442. The lowest BCUT2D eigenvalue weighted by Crippen LogP contribution is -2.36. The highest BCUT2D eigenvalue weighted by atomic mass is 16.5. The molecule has 22 heavy (non-hydrogen) atoms. The molecule has 0 fully saturated rings. The standard InChI is InChI=1S/C19H31NO2/c1-4-6-11-15-20(16-12-7-5-2)18(19(21)22-3)17-13-9-8-10-14-17/h8-10,13-14,18H,4-7,11-12,15-16H2,1-3H3. The number of hydrogen-bond acceptors (Lipinski definition) is 3. The molecule has 0 aliphatic carbocycles. The van der Waals surface area contributed by atoms with Crippen LogP contribution in [0.1, 0.15) is 64.0 Å². The van der Waals surface area contributed by atoms with Gasteiger partial charge in [0.15, 0.2) is 0 Å². The Hall–Kier alpha value is -1.35. The monoisotopic (exact) mass is 305 g/mol. The van der Waals surface area contributed by atoms with Crippen molar-refractivity contribution in [2.75, 3.05) is 20.2 Å². The maximum absolute atomic E-state index is 12.4. The van der Waals surface area contributed by atoms with E-state index in [0.29, 0.717) is 0 Å². The minimum absolute atomic E-state index is 0.154. The summed E-state index contributed by atoms with van der Waals surface area (Å²) in [7, 11) is 1.48. The molecule has 0 heterocycles. The number of ether oxygens (including phenoxy) is 1. The molecule has 1 rings (SSSR count). The van der Waals surface area contributed by atoms with Gasteiger partial charge in [-0.2, -0.15) is 0 Å².